The van der Waals surface area contributed by atoms with Crippen molar-refractivity contribution in [3.05, 3.63) is 5.82 Å². The Morgan fingerprint density at radius 2 is 0.524 bits per heavy atom. The van der Waals surface area contributed by atoms with Crippen LogP contribution in [-0.4, -0.2) is 219 Å². The third kappa shape index (κ3) is 26.3. The normalized spacial score (nSPS) is 24.4. The number of piperidine rings is 5. The van der Waals surface area contributed by atoms with Gasteiger partial charge in [0.15, 0.2) is 0 Å². The van der Waals surface area contributed by atoms with Crippen LogP contribution >= 0.6 is 0 Å². The zero-order valence-corrected chi connectivity index (χ0v) is 87.2. The first-order valence-electron chi connectivity index (χ1n) is 51.5. The van der Waals surface area contributed by atoms with Gasteiger partial charge in [-0.15, -0.1) is 0 Å². The highest BCUT2D eigenvalue weighted by Gasteiger charge is 2.56. The quantitative estimate of drug-likeness (QED) is 0.0576. The van der Waals surface area contributed by atoms with Crippen LogP contribution < -0.4 is 24.5 Å². The highest BCUT2D eigenvalue weighted by Crippen LogP contribution is 2.54. The van der Waals surface area contributed by atoms with Gasteiger partial charge in [0.25, 0.3) is 0 Å². The lowest BCUT2D eigenvalue weighted by Crippen LogP contribution is -2.64. The number of rotatable bonds is 49. The van der Waals surface area contributed by atoms with Gasteiger partial charge >= 0.3 is 0 Å². The second-order valence-electron chi connectivity index (χ2n) is 47.6. The van der Waals surface area contributed by atoms with Gasteiger partial charge in [-0.1, -0.05) is 148 Å². The lowest BCUT2D eigenvalue weighted by Gasteiger charge is -2.57. The van der Waals surface area contributed by atoms with E-state index in [9.17, 15) is 0 Å². The Bertz CT molecular complexity index is 3010. The van der Waals surface area contributed by atoms with Crippen molar-refractivity contribution >= 4 is 29.7 Å². The number of unbranched alkanes of at least 4 members (excludes halogenated alkanes) is 8. The molecule has 1 unspecified atom stereocenters. The van der Waals surface area contributed by atoms with E-state index in [1.807, 2.05) is 0 Å². The summed E-state index contributed by atoms with van der Waals surface area (Å²) in [6.45, 7) is 90.4. The number of anilines is 5. The van der Waals surface area contributed by atoms with Gasteiger partial charge < -0.3 is 29.2 Å². The van der Waals surface area contributed by atoms with Gasteiger partial charge in [-0.05, 0) is 316 Å². The number of likely N-dealkylation sites (tertiary alicyclic amines) is 1. The van der Waals surface area contributed by atoms with Crippen LogP contribution in [0.25, 0.3) is 0 Å². The molecule has 6 aliphatic rings. The molecule has 21 heteroatoms. The summed E-state index contributed by atoms with van der Waals surface area (Å²) < 4.78 is 7.04. The number of hydrogen-bond acceptors (Lipinski definition) is 21. The summed E-state index contributed by atoms with van der Waals surface area (Å²) in [7, 11) is 0. The third-order valence-corrected chi connectivity index (χ3v) is 29.4. The van der Waals surface area contributed by atoms with Gasteiger partial charge in [0.1, 0.15) is 5.82 Å². The molecule has 1 saturated carbocycles. The first kappa shape index (κ1) is 106. The molecule has 718 valence electrons. The van der Waals surface area contributed by atoms with Crippen LogP contribution in [0.2, 0.25) is 0 Å². The molecular formula is C103H196N16O5. The van der Waals surface area contributed by atoms with Gasteiger partial charge in [-0.2, -0.15) is 50.2 Å². The number of ether oxygens (including phenoxy) is 1. The Morgan fingerprint density at radius 3 is 0.782 bits per heavy atom. The number of aromatic nitrogens is 6. The van der Waals surface area contributed by atoms with E-state index in [-0.39, 0.29) is 108 Å². The van der Waals surface area contributed by atoms with Gasteiger partial charge in [0.05, 0.1) is 32.5 Å². The predicted molar refractivity (Wildman–Crippen MR) is 522 cm³/mol. The Balaban J connectivity index is 1.30. The van der Waals surface area contributed by atoms with E-state index >= 15 is 0 Å². The van der Waals surface area contributed by atoms with Crippen molar-refractivity contribution in [3.8, 4) is 0 Å². The van der Waals surface area contributed by atoms with Crippen molar-refractivity contribution in [2.45, 2.75) is 538 Å². The second-order valence-corrected chi connectivity index (χ2v) is 47.6. The van der Waals surface area contributed by atoms with E-state index in [0.717, 1.165) is 274 Å². The zero-order chi connectivity index (χ0) is 92.0. The summed E-state index contributed by atoms with van der Waals surface area (Å²) in [4.78, 5) is 80.0. The van der Waals surface area contributed by atoms with Crippen LogP contribution in [0.15, 0.2) is 0 Å². The van der Waals surface area contributed by atoms with Gasteiger partial charge in [-0.3, -0.25) is 24.3 Å². The van der Waals surface area contributed by atoms with E-state index in [1.54, 1.807) is 0 Å². The predicted octanol–water partition coefficient (Wildman–Crippen LogP) is 24.6. The average molecular weight is 1740 g/mol. The third-order valence-electron chi connectivity index (χ3n) is 29.4. The Morgan fingerprint density at radius 1 is 0.274 bits per heavy atom. The van der Waals surface area contributed by atoms with E-state index in [2.05, 4.69) is 285 Å². The molecule has 2 aromatic heterocycles. The Kier molecular flexibility index (Phi) is 38.0. The van der Waals surface area contributed by atoms with Crippen LogP contribution in [0.5, 0.6) is 0 Å². The van der Waals surface area contributed by atoms with Crippen molar-refractivity contribution < 1.29 is 24.1 Å². The summed E-state index contributed by atoms with van der Waals surface area (Å²) in [6.07, 6.45) is 32.5. The Hall–Kier alpha value is -3.38. The van der Waals surface area contributed by atoms with E-state index in [4.69, 9.17) is 54.0 Å². The minimum atomic E-state index is -0.284. The van der Waals surface area contributed by atoms with Crippen molar-refractivity contribution in [3.63, 3.8) is 0 Å². The standard InChI is InChI=1S/C103H196N16O5/c1-35-45-54-84(78-66-94(15,16)115(60-49-39-5)95(17,18)67-78)85-104-87(110(55-46-36-2)80-70-96(19,20)116(121-62-41-7)97(21,22)71-80)106-88(105-85)114(83-76-102(31,32)119(124-65-44-10)103(33,34)77-83)59-53-51-50-52-58-113(79-68-92(11,12)86(120-61-40-6)93(13,14)69-79)91-108-89(111(56-47-37-3)81-72-98(23,24)117(122-63-42-8)99(25,26)73-81)107-90(109-91)112(57-48-38-4)82-74-100(27,28)118(123-64-43-9)101(29,30)75-82/h78-84,86H,35-77H2,1-34H3. The van der Waals surface area contributed by atoms with Crippen LogP contribution in [0, 0.1) is 16.7 Å². The molecule has 5 aliphatic heterocycles. The van der Waals surface area contributed by atoms with Crippen LogP contribution in [0.4, 0.5) is 29.7 Å². The van der Waals surface area contributed by atoms with Crippen molar-refractivity contribution in [1.29, 1.82) is 0 Å². The molecule has 1 aliphatic carbocycles. The first-order valence-corrected chi connectivity index (χ1v) is 51.5. The topological polar surface area (TPSA) is 156 Å². The molecule has 5 saturated heterocycles. The highest BCUT2D eigenvalue weighted by atomic mass is 16.7. The molecule has 0 radical (unpaired) electrons. The molecule has 0 aromatic carbocycles. The number of nitrogens with zero attached hydrogens (tertiary/aromatic N) is 16. The Labute approximate surface area is 762 Å². The molecule has 0 N–H and O–H groups in total. The summed E-state index contributed by atoms with van der Waals surface area (Å²) in [5, 5.41) is 9.41. The van der Waals surface area contributed by atoms with E-state index < -0.39 is 0 Å². The molecule has 1 atom stereocenters. The fourth-order valence-electron chi connectivity index (χ4n) is 25.6. The molecule has 6 fully saturated rings. The SMILES string of the molecule is CCCCC(c1nc(N(CCCC)C2CC(C)(C)N(OCCC)C(C)(C)C2)nc(N(CCCCCCN(c2nc(N(CCCC)C3CC(C)(C)N(OCCC)C(C)(C)C3)nc(N(CCCC)C3CC(C)(C)N(OCCC)C(C)(C)C3)n2)C2CC(C)(C)C(OCCC)C(C)(C)C2)C2CC(C)(C)N(OCCC)C(C)(C)C2)n1)C1CC(C)(C)N(CCCC)C(C)(C)C1. The minimum absolute atomic E-state index is 0.00318. The maximum Gasteiger partial charge on any atom is 0.232 e. The second kappa shape index (κ2) is 44.4. The van der Waals surface area contributed by atoms with E-state index in [1.165, 1.54) is 12.8 Å². The smallest absolute Gasteiger partial charge is 0.232 e. The molecule has 2 aromatic rings. The van der Waals surface area contributed by atoms with Gasteiger partial charge in [-0.25, -0.2) is 0 Å². The maximum atomic E-state index is 7.04. The van der Waals surface area contributed by atoms with Crippen LogP contribution in [0.3, 0.4) is 0 Å². The van der Waals surface area contributed by atoms with E-state index in [0.29, 0.717) is 32.3 Å². The largest absolute Gasteiger partial charge is 0.377 e. The summed E-state index contributed by atoms with van der Waals surface area (Å²) in [5.41, 5.74) is -2.32. The summed E-state index contributed by atoms with van der Waals surface area (Å²) >= 11 is 0. The van der Waals surface area contributed by atoms with Crippen molar-refractivity contribution in [2.24, 2.45) is 16.7 Å². The molecule has 0 spiro atoms. The molecular weight excluding hydrogens is 1540 g/mol. The average Bonchev–Trinajstić information content (AvgIpc) is 0.750. The fraction of sp³-hybridized carbons (Fsp3) is 0.942. The fourth-order valence-corrected chi connectivity index (χ4v) is 25.6. The minimum Gasteiger partial charge on any atom is -0.377 e. The summed E-state index contributed by atoms with van der Waals surface area (Å²) in [6, 6.07) is 0.759. The molecule has 7 heterocycles. The number of hydroxylamine groups is 8. The first-order chi connectivity index (χ1) is 58.0. The molecule has 0 amide bonds. The van der Waals surface area contributed by atoms with Crippen LogP contribution in [0.1, 0.15) is 453 Å². The molecule has 21 nitrogen and oxygen atoms in total. The van der Waals surface area contributed by atoms with Crippen molar-refractivity contribution in [1.82, 2.24) is 55.1 Å². The maximum absolute atomic E-state index is 7.04. The molecule has 8 rings (SSSR count). The highest BCUT2D eigenvalue weighted by molar-refractivity contribution is 5.50. The monoisotopic (exact) mass is 1740 g/mol. The van der Waals surface area contributed by atoms with Gasteiger partial charge in [0.2, 0.25) is 29.7 Å². The summed E-state index contributed by atoms with van der Waals surface area (Å²) in [5.74, 6) is 5.77. The van der Waals surface area contributed by atoms with Gasteiger partial charge in [0, 0.05) is 131 Å². The molecule has 0 bridgehead atoms. The number of hydrogen-bond donors (Lipinski definition) is 0. The zero-order valence-electron chi connectivity index (χ0n) is 87.2. The van der Waals surface area contributed by atoms with Crippen molar-refractivity contribution in [2.75, 3.05) is 96.8 Å². The van der Waals surface area contributed by atoms with Crippen LogP contribution in [-0.2, 0) is 24.1 Å². The lowest BCUT2D eigenvalue weighted by atomic mass is 9.60. The lowest BCUT2D eigenvalue weighted by molar-refractivity contribution is -0.282. The molecule has 124 heavy (non-hydrogen) atoms.